The zero-order chi connectivity index (χ0) is 4.50. The predicted octanol–water partition coefficient (Wildman–Crippen LogP) is -10.2. The van der Waals surface area contributed by atoms with Crippen LogP contribution in [0.25, 0.3) is 0 Å². The summed E-state index contributed by atoms with van der Waals surface area (Å²) in [5, 5.41) is 0. The van der Waals surface area contributed by atoms with Crippen LogP contribution in [0.3, 0.4) is 0 Å². The number of hydrogen-bond acceptors (Lipinski definition) is 4. The maximum Gasteiger partial charge on any atom is 1.00 e. The summed E-state index contributed by atoms with van der Waals surface area (Å²) in [6.45, 7) is 0. The van der Waals surface area contributed by atoms with Gasteiger partial charge in [0.2, 0.25) is 0 Å². The Bertz CT molecular complexity index is 24.4. The Labute approximate surface area is 66.5 Å². The van der Waals surface area contributed by atoms with Gasteiger partial charge in [0.15, 0.2) is 0 Å². The van der Waals surface area contributed by atoms with E-state index in [2.05, 4.69) is 0 Å². The molecule has 0 unspecified atom stereocenters. The van der Waals surface area contributed by atoms with Gasteiger partial charge >= 0.3 is 18.9 Å². The van der Waals surface area contributed by atoms with Crippen molar-refractivity contribution in [3.05, 3.63) is 0 Å². The van der Waals surface area contributed by atoms with Crippen LogP contribution in [-0.2, 0) is 0 Å². The van der Waals surface area contributed by atoms with E-state index < -0.39 is 14.1 Å². The second-order valence-electron chi connectivity index (χ2n) is 0.378. The van der Waals surface area contributed by atoms with E-state index in [1.54, 1.807) is 0 Å². The van der Waals surface area contributed by atoms with Crippen molar-refractivity contribution in [3.8, 4) is 0 Å². The molecule has 0 saturated heterocycles. The first-order chi connectivity index (χ1) is 2.00. The van der Waals surface area contributed by atoms with Crippen LogP contribution < -0.4 is 35.7 Å². The summed E-state index contributed by atoms with van der Waals surface area (Å²) in [6, 6.07) is 0. The first-order valence-electron chi connectivity index (χ1n) is 0.617. The van der Waals surface area contributed by atoms with Crippen LogP contribution in [0.5, 0.6) is 0 Å². The van der Waals surface area contributed by atoms with E-state index in [1.165, 1.54) is 0 Å². The summed E-state index contributed by atoms with van der Waals surface area (Å²) in [6.07, 6.45) is 0. The fourth-order valence-electron chi connectivity index (χ4n) is 0. The minimum Gasteiger partial charge on any atom is -0.412 e. The molecule has 0 saturated carbocycles. The molecule has 0 fully saturated rings. The van der Waals surface area contributed by atoms with E-state index in [1.807, 2.05) is 0 Å². The van der Waals surface area contributed by atoms with Crippen LogP contribution in [-0.4, -0.2) is 16.4 Å². The quantitative estimate of drug-likeness (QED) is 0.355. The predicted molar refractivity (Wildman–Crippen MR) is 10.8 cm³/mol. The maximum atomic E-state index is 8.58. The second kappa shape index (κ2) is 11.6. The van der Waals surface area contributed by atoms with Gasteiger partial charge in [-0.25, -0.2) is 0 Å². The number of hydrogen-bond donors (Lipinski definition) is 0. The molecular weight excluding hydrogens is 199 g/mol. The SMILES string of the molecule is O.O.O.[Li+].[O-][Br+3]([O-])([O-])[O-]. The molecule has 0 radical (unpaired) electrons. The van der Waals surface area contributed by atoms with Crippen LogP contribution in [0.2, 0.25) is 0 Å². The molecule has 0 aromatic rings. The summed E-state index contributed by atoms with van der Waals surface area (Å²) in [7, 11) is 0. The molecule has 9 heteroatoms. The Balaban J connectivity index is -0.0000000133. The molecular formula is H6BrLiO7. The molecule has 0 bridgehead atoms. The molecule has 7 nitrogen and oxygen atoms in total. The van der Waals surface area contributed by atoms with E-state index >= 15 is 0 Å². The molecule has 0 amide bonds. The summed E-state index contributed by atoms with van der Waals surface area (Å²) >= 11 is -5.62. The van der Waals surface area contributed by atoms with Gasteiger partial charge in [0.25, 0.3) is 0 Å². The van der Waals surface area contributed by atoms with E-state index in [4.69, 9.17) is 16.8 Å². The molecule has 9 heavy (non-hydrogen) atoms. The maximum absolute atomic E-state index is 8.58. The summed E-state index contributed by atoms with van der Waals surface area (Å²) in [4.78, 5) is 0. The Morgan fingerprint density at radius 2 is 0.667 bits per heavy atom. The average Bonchev–Trinajstić information content (AvgIpc) is 0.722. The molecule has 0 spiro atoms. The molecule has 0 aliphatic carbocycles. The van der Waals surface area contributed by atoms with Crippen molar-refractivity contribution in [2.24, 2.45) is 0 Å². The van der Waals surface area contributed by atoms with Crippen LogP contribution in [0.15, 0.2) is 0 Å². The minimum atomic E-state index is -5.62. The minimum absolute atomic E-state index is 0. The first-order valence-corrected chi connectivity index (χ1v) is 3.21. The molecule has 0 aliphatic heterocycles. The summed E-state index contributed by atoms with van der Waals surface area (Å²) in [5.41, 5.74) is 0. The smallest absolute Gasteiger partial charge is 0.412 e. The standard InChI is InChI=1S/BrO4.Li.3H2O/c2-1(3,4)5;;;;/h;;3*1H2/q-1;+1;;;. The Morgan fingerprint density at radius 3 is 0.667 bits per heavy atom. The topological polar surface area (TPSA) is 187 Å². The van der Waals surface area contributed by atoms with Crippen molar-refractivity contribution < 1.29 is 66.2 Å². The van der Waals surface area contributed by atoms with Crippen molar-refractivity contribution in [1.29, 1.82) is 0 Å². The molecule has 6 N–H and O–H groups in total. The number of rotatable bonds is 0. The van der Waals surface area contributed by atoms with Gasteiger partial charge < -0.3 is 16.4 Å². The van der Waals surface area contributed by atoms with Gasteiger partial charge in [0, 0.05) is 0 Å². The van der Waals surface area contributed by atoms with Crippen LogP contribution in [0, 0.1) is 14.1 Å². The van der Waals surface area contributed by atoms with Gasteiger partial charge in [-0.15, -0.1) is 0 Å². The van der Waals surface area contributed by atoms with E-state index in [0.717, 1.165) is 0 Å². The molecule has 0 rings (SSSR count). The van der Waals surface area contributed by atoms with Gasteiger partial charge in [-0.3, -0.25) is 16.8 Å². The molecule has 0 atom stereocenters. The van der Waals surface area contributed by atoms with Gasteiger partial charge in [0.1, 0.15) is 0 Å². The largest absolute Gasteiger partial charge is 1.00 e. The van der Waals surface area contributed by atoms with E-state index in [9.17, 15) is 0 Å². The average molecular weight is 205 g/mol. The first kappa shape index (κ1) is 32.9. The monoisotopic (exact) mass is 204 g/mol. The van der Waals surface area contributed by atoms with Gasteiger partial charge in [-0.2, -0.15) is 0 Å². The summed E-state index contributed by atoms with van der Waals surface area (Å²) < 4.78 is 34.3. The Hall–Kier alpha value is 0.797. The van der Waals surface area contributed by atoms with Gasteiger partial charge in [-0.05, 0) is 0 Å². The third-order valence-electron chi connectivity index (χ3n) is 0. The van der Waals surface area contributed by atoms with Crippen molar-refractivity contribution >= 4 is 0 Å². The fraction of sp³-hybridized carbons (Fsp3) is 0. The Kier molecular flexibility index (Phi) is 42.4. The van der Waals surface area contributed by atoms with E-state index in [-0.39, 0.29) is 35.3 Å². The molecule has 56 valence electrons. The van der Waals surface area contributed by atoms with Gasteiger partial charge in [0.05, 0.1) is 14.1 Å². The summed E-state index contributed by atoms with van der Waals surface area (Å²) in [5.74, 6) is 0. The second-order valence-corrected chi connectivity index (χ2v) is 1.96. The molecule has 0 heterocycles. The van der Waals surface area contributed by atoms with Crippen LogP contribution in [0.1, 0.15) is 0 Å². The number of halogens is 1. The van der Waals surface area contributed by atoms with Crippen molar-refractivity contribution in [1.82, 2.24) is 0 Å². The third-order valence-corrected chi connectivity index (χ3v) is 0. The zero-order valence-electron chi connectivity index (χ0n) is 4.51. The van der Waals surface area contributed by atoms with Crippen LogP contribution in [0.4, 0.5) is 0 Å². The molecule has 0 aromatic carbocycles. The molecule has 0 aliphatic rings. The Morgan fingerprint density at radius 1 is 0.667 bits per heavy atom. The van der Waals surface area contributed by atoms with E-state index in [0.29, 0.717) is 0 Å². The fourth-order valence-corrected chi connectivity index (χ4v) is 0. The van der Waals surface area contributed by atoms with Crippen molar-refractivity contribution in [2.45, 2.75) is 0 Å². The third kappa shape index (κ3) is 639. The molecule has 0 aromatic heterocycles. The van der Waals surface area contributed by atoms with Crippen LogP contribution >= 0.6 is 0 Å². The van der Waals surface area contributed by atoms with Gasteiger partial charge in [-0.1, -0.05) is 0 Å². The zero-order valence-corrected chi connectivity index (χ0v) is 6.10. The normalized spacial score (nSPS) is 6.67. The van der Waals surface area contributed by atoms with Crippen molar-refractivity contribution in [3.63, 3.8) is 0 Å². The van der Waals surface area contributed by atoms with Crippen molar-refractivity contribution in [2.75, 3.05) is 0 Å².